The van der Waals surface area contributed by atoms with Gasteiger partial charge >= 0.3 is 231 Å². The van der Waals surface area contributed by atoms with Crippen molar-refractivity contribution in [2.24, 2.45) is 0 Å². The summed E-state index contributed by atoms with van der Waals surface area (Å²) in [4.78, 5) is 0. The Morgan fingerprint density at radius 1 is 0.722 bits per heavy atom. The Balaban J connectivity index is 2.12. The average molecular weight is 576 g/mol. The summed E-state index contributed by atoms with van der Waals surface area (Å²) in [6.45, 7) is 29.7. The summed E-state index contributed by atoms with van der Waals surface area (Å²) in [5.41, 5.74) is 9.01. The molecule has 192 valence electrons. The molecular weight excluding hydrogens is 528 g/mol. The normalized spacial score (nSPS) is 15.6. The second-order valence-electron chi connectivity index (χ2n) is 15.1. The van der Waals surface area contributed by atoms with Crippen LogP contribution in [-0.2, 0) is 37.6 Å². The number of hydrogen-bond acceptors (Lipinski definition) is 0. The van der Waals surface area contributed by atoms with Gasteiger partial charge in [0.1, 0.15) is 0 Å². The summed E-state index contributed by atoms with van der Waals surface area (Å²) in [6.07, 6.45) is 9.62. The molecule has 0 N–H and O–H groups in total. The van der Waals surface area contributed by atoms with E-state index in [9.17, 15) is 0 Å². The van der Waals surface area contributed by atoms with Crippen molar-refractivity contribution in [1.29, 1.82) is 0 Å². The Morgan fingerprint density at radius 3 is 1.83 bits per heavy atom. The van der Waals surface area contributed by atoms with E-state index in [-0.39, 0.29) is 10.8 Å². The summed E-state index contributed by atoms with van der Waals surface area (Å²) >= 11 is -2.29. The Labute approximate surface area is 229 Å². The molecule has 2 aliphatic rings. The standard InChI is InChI=1S/C21H25.C8H18Si.C5H5.Zr/c1-20(2,3)16-7-9-18-14(12-16)11-15-13-17(21(4,5)6)8-10-19(15)18;1-7(2,3)9-8(4,5)6;1-2-4-5-3-1;/h7-10,12H,11H2,1-6H3;1-6H3;1-3H,4H2;. The third kappa shape index (κ3) is 5.29. The van der Waals surface area contributed by atoms with Crippen molar-refractivity contribution in [3.05, 3.63) is 74.1 Å². The maximum atomic E-state index is 2.56. The van der Waals surface area contributed by atoms with Gasteiger partial charge in [0.15, 0.2) is 0 Å². The molecular formula is C34H48SiZr. The average Bonchev–Trinajstić information content (AvgIpc) is 3.35. The molecule has 2 aromatic carbocycles. The van der Waals surface area contributed by atoms with Gasteiger partial charge in [0, 0.05) is 0 Å². The molecule has 0 saturated heterocycles. The Morgan fingerprint density at radius 2 is 1.33 bits per heavy atom. The van der Waals surface area contributed by atoms with Crippen LogP contribution in [0.2, 0.25) is 10.1 Å². The van der Waals surface area contributed by atoms with Crippen LogP contribution in [0, 0.1) is 0 Å². The number of rotatable bonds is 2. The van der Waals surface area contributed by atoms with Crippen molar-refractivity contribution >= 4 is 8.70 Å². The van der Waals surface area contributed by atoms with Crippen LogP contribution in [0.4, 0.5) is 0 Å². The number of benzene rings is 2. The predicted molar refractivity (Wildman–Crippen MR) is 159 cm³/mol. The molecule has 2 aromatic rings. The number of hydrogen-bond donors (Lipinski definition) is 0. The summed E-state index contributed by atoms with van der Waals surface area (Å²) in [5.74, 6) is 0. The molecule has 0 spiro atoms. The van der Waals surface area contributed by atoms with E-state index >= 15 is 0 Å². The second kappa shape index (κ2) is 9.34. The third-order valence-electron chi connectivity index (χ3n) is 7.84. The van der Waals surface area contributed by atoms with Crippen molar-refractivity contribution in [3.8, 4) is 11.1 Å². The van der Waals surface area contributed by atoms with Gasteiger partial charge in [-0.2, -0.15) is 0 Å². The summed E-state index contributed by atoms with van der Waals surface area (Å²) in [7, 11) is 0. The summed E-state index contributed by atoms with van der Waals surface area (Å²) < 4.78 is 3.70. The molecule has 0 unspecified atom stereocenters. The van der Waals surface area contributed by atoms with E-state index in [1.165, 1.54) is 23.1 Å². The first-order valence-corrected chi connectivity index (χ1v) is 21.5. The first-order chi connectivity index (χ1) is 16.4. The molecule has 0 aromatic heterocycles. The number of allylic oxidation sites excluding steroid dienone is 4. The van der Waals surface area contributed by atoms with Crippen molar-refractivity contribution in [1.82, 2.24) is 0 Å². The van der Waals surface area contributed by atoms with Crippen LogP contribution in [0.5, 0.6) is 0 Å². The van der Waals surface area contributed by atoms with Crippen LogP contribution < -0.4 is 3.27 Å². The molecule has 2 aliphatic carbocycles. The van der Waals surface area contributed by atoms with Gasteiger partial charge in [-0.25, -0.2) is 0 Å². The monoisotopic (exact) mass is 574 g/mol. The van der Waals surface area contributed by atoms with Gasteiger partial charge in [-0.05, 0) is 0 Å². The second-order valence-corrected chi connectivity index (χ2v) is 30.2. The predicted octanol–water partition coefficient (Wildman–Crippen LogP) is 9.53. The van der Waals surface area contributed by atoms with Crippen molar-refractivity contribution in [3.63, 3.8) is 0 Å². The van der Waals surface area contributed by atoms with Gasteiger partial charge in [0.25, 0.3) is 0 Å². The molecule has 0 saturated carbocycles. The fraction of sp³-hybridized carbons (Fsp3) is 0.529. The summed E-state index contributed by atoms with van der Waals surface area (Å²) in [5, 5.41) is 0.730. The minimum atomic E-state index is -2.29. The van der Waals surface area contributed by atoms with Gasteiger partial charge in [-0.1, -0.05) is 0 Å². The topological polar surface area (TPSA) is 0 Å². The maximum absolute atomic E-state index is 2.56. The zero-order valence-corrected chi connectivity index (χ0v) is 28.5. The van der Waals surface area contributed by atoms with Crippen LogP contribution in [0.25, 0.3) is 11.1 Å². The van der Waals surface area contributed by atoms with Crippen LogP contribution in [-0.4, -0.2) is 5.43 Å². The minimum absolute atomic E-state index is 0.150. The SMILES string of the molecule is CC(C)(C)c1ccc2c(c1)Cc1c-2ccc(C(C)(C)C)[c]1[Zr]([C]1=CC=CC1)=[Si](C(C)(C)C)C(C)(C)C. The first-order valence-electron chi connectivity index (χ1n) is 13.8. The molecule has 36 heavy (non-hydrogen) atoms. The molecule has 0 atom stereocenters. The van der Waals surface area contributed by atoms with E-state index in [4.69, 9.17) is 0 Å². The van der Waals surface area contributed by atoms with Crippen molar-refractivity contribution < 1.29 is 20.4 Å². The van der Waals surface area contributed by atoms with E-state index < -0.39 is 25.8 Å². The third-order valence-corrected chi connectivity index (χ3v) is 34.6. The van der Waals surface area contributed by atoms with Gasteiger partial charge in [0.2, 0.25) is 0 Å². The molecule has 0 bridgehead atoms. The van der Waals surface area contributed by atoms with E-state index in [1.54, 1.807) is 16.7 Å². The zero-order chi connectivity index (χ0) is 26.8. The van der Waals surface area contributed by atoms with E-state index in [1.807, 2.05) is 6.55 Å². The van der Waals surface area contributed by atoms with Crippen LogP contribution in [0.3, 0.4) is 0 Å². The zero-order valence-electron chi connectivity index (χ0n) is 25.0. The Hall–Kier alpha value is -0.980. The fourth-order valence-corrected chi connectivity index (χ4v) is 34.3. The van der Waals surface area contributed by atoms with Gasteiger partial charge in [-0.15, -0.1) is 0 Å². The molecule has 0 amide bonds. The Kier molecular flexibility index (Phi) is 7.27. The number of fused-ring (bicyclic) bond motifs is 3. The van der Waals surface area contributed by atoms with Gasteiger partial charge < -0.3 is 0 Å². The van der Waals surface area contributed by atoms with Crippen LogP contribution in [0.1, 0.15) is 112 Å². The van der Waals surface area contributed by atoms with Crippen molar-refractivity contribution in [2.45, 2.75) is 117 Å². The van der Waals surface area contributed by atoms with E-state index in [2.05, 4.69) is 132 Å². The molecule has 0 heterocycles. The fourth-order valence-electron chi connectivity index (χ4n) is 6.61. The van der Waals surface area contributed by atoms with Gasteiger partial charge in [0.05, 0.1) is 0 Å². The molecule has 0 radical (unpaired) electrons. The Bertz CT molecular complexity index is 1270. The quantitative estimate of drug-likeness (QED) is 0.267. The van der Waals surface area contributed by atoms with Gasteiger partial charge in [-0.3, -0.25) is 0 Å². The van der Waals surface area contributed by atoms with E-state index in [0.717, 1.165) is 6.42 Å². The van der Waals surface area contributed by atoms with Crippen LogP contribution in [0.15, 0.2) is 51.8 Å². The molecule has 0 aliphatic heterocycles. The van der Waals surface area contributed by atoms with E-state index in [0.29, 0.717) is 10.1 Å². The van der Waals surface area contributed by atoms with Crippen molar-refractivity contribution in [2.75, 3.05) is 0 Å². The molecule has 0 nitrogen and oxygen atoms in total. The molecule has 4 rings (SSSR count). The first kappa shape index (κ1) is 28.0. The summed E-state index contributed by atoms with van der Waals surface area (Å²) in [6, 6.07) is 12.4. The molecule has 2 heteroatoms. The van der Waals surface area contributed by atoms with Crippen LogP contribution >= 0.6 is 0 Å². The molecule has 0 fully saturated rings.